The first-order valence-electron chi connectivity index (χ1n) is 7.50. The van der Waals surface area contributed by atoms with Gasteiger partial charge in [-0.2, -0.15) is 0 Å². The van der Waals surface area contributed by atoms with Gasteiger partial charge in [-0.1, -0.05) is 45.0 Å². The fraction of sp³-hybridized carbons (Fsp3) is 0.588. The molecule has 1 aliphatic carbocycles. The molecule has 0 spiro atoms. The van der Waals surface area contributed by atoms with Crippen molar-refractivity contribution in [2.24, 2.45) is 5.92 Å². The SMILES string of the molecule is CNCC(C)C(=O)NC1CCC(C)(C)c2ccccc21.Cl. The number of fused-ring (bicyclic) bond motifs is 1. The topological polar surface area (TPSA) is 41.1 Å². The van der Waals surface area contributed by atoms with Gasteiger partial charge in [-0.25, -0.2) is 0 Å². The summed E-state index contributed by atoms with van der Waals surface area (Å²) in [5.41, 5.74) is 2.86. The van der Waals surface area contributed by atoms with Gasteiger partial charge in [0.1, 0.15) is 0 Å². The number of carbonyl (C=O) groups is 1. The molecule has 0 fully saturated rings. The molecule has 3 nitrogen and oxygen atoms in total. The van der Waals surface area contributed by atoms with Crippen LogP contribution in [-0.4, -0.2) is 19.5 Å². The highest BCUT2D eigenvalue weighted by atomic mass is 35.5. The molecule has 2 rings (SSSR count). The minimum absolute atomic E-state index is 0. The van der Waals surface area contributed by atoms with Gasteiger partial charge in [-0.3, -0.25) is 4.79 Å². The molecule has 0 saturated carbocycles. The fourth-order valence-corrected chi connectivity index (χ4v) is 3.08. The first-order valence-corrected chi connectivity index (χ1v) is 7.50. The molecule has 2 atom stereocenters. The molecule has 118 valence electrons. The normalized spacial score (nSPS) is 20.9. The molecular formula is C17H27ClN2O. The van der Waals surface area contributed by atoms with Gasteiger partial charge in [0.25, 0.3) is 0 Å². The van der Waals surface area contributed by atoms with E-state index in [1.807, 2.05) is 14.0 Å². The van der Waals surface area contributed by atoms with E-state index in [4.69, 9.17) is 0 Å². The predicted molar refractivity (Wildman–Crippen MR) is 89.9 cm³/mol. The van der Waals surface area contributed by atoms with Gasteiger partial charge in [0.05, 0.1) is 6.04 Å². The predicted octanol–water partition coefficient (Wildman–Crippen LogP) is 3.19. The van der Waals surface area contributed by atoms with Gasteiger partial charge in [0, 0.05) is 12.5 Å². The smallest absolute Gasteiger partial charge is 0.224 e. The average Bonchev–Trinajstić information content (AvgIpc) is 2.42. The third-order valence-corrected chi connectivity index (χ3v) is 4.40. The molecule has 0 heterocycles. The van der Waals surface area contributed by atoms with Crippen molar-refractivity contribution >= 4 is 18.3 Å². The molecule has 2 unspecified atom stereocenters. The average molecular weight is 311 g/mol. The van der Waals surface area contributed by atoms with Crippen LogP contribution in [0.2, 0.25) is 0 Å². The van der Waals surface area contributed by atoms with Gasteiger partial charge >= 0.3 is 0 Å². The van der Waals surface area contributed by atoms with Crippen molar-refractivity contribution in [3.8, 4) is 0 Å². The Labute approximate surface area is 134 Å². The van der Waals surface area contributed by atoms with Crippen LogP contribution >= 0.6 is 12.4 Å². The lowest BCUT2D eigenvalue weighted by Gasteiger charge is -2.37. The summed E-state index contributed by atoms with van der Waals surface area (Å²) in [6, 6.07) is 8.67. The minimum Gasteiger partial charge on any atom is -0.349 e. The van der Waals surface area contributed by atoms with Crippen molar-refractivity contribution < 1.29 is 4.79 Å². The summed E-state index contributed by atoms with van der Waals surface area (Å²) in [4.78, 5) is 12.2. The van der Waals surface area contributed by atoms with E-state index >= 15 is 0 Å². The van der Waals surface area contributed by atoms with Crippen molar-refractivity contribution in [2.75, 3.05) is 13.6 Å². The van der Waals surface area contributed by atoms with E-state index < -0.39 is 0 Å². The first-order chi connectivity index (χ1) is 9.45. The van der Waals surface area contributed by atoms with Gasteiger partial charge in [0.2, 0.25) is 5.91 Å². The molecule has 0 radical (unpaired) electrons. The minimum atomic E-state index is 0. The summed E-state index contributed by atoms with van der Waals surface area (Å²) < 4.78 is 0. The van der Waals surface area contributed by atoms with Crippen molar-refractivity contribution in [3.05, 3.63) is 35.4 Å². The Morgan fingerprint density at radius 2 is 2.05 bits per heavy atom. The van der Waals surface area contributed by atoms with E-state index in [1.165, 1.54) is 11.1 Å². The second-order valence-corrected chi connectivity index (χ2v) is 6.53. The lowest BCUT2D eigenvalue weighted by Crippen LogP contribution is -2.40. The standard InChI is InChI=1S/C17H26N2O.ClH/c1-12(11-18-4)16(20)19-15-9-10-17(2,3)14-8-6-5-7-13(14)15;/h5-8,12,15,18H,9-11H2,1-4H3,(H,19,20);1H. The van der Waals surface area contributed by atoms with E-state index in [1.54, 1.807) is 0 Å². The summed E-state index contributed by atoms with van der Waals surface area (Å²) in [5, 5.41) is 6.28. The zero-order valence-corrected chi connectivity index (χ0v) is 14.2. The highest BCUT2D eigenvalue weighted by molar-refractivity contribution is 5.85. The first kappa shape index (κ1) is 18.0. The molecule has 1 amide bonds. The van der Waals surface area contributed by atoms with Crippen LogP contribution in [0.1, 0.15) is 50.8 Å². The van der Waals surface area contributed by atoms with Crippen molar-refractivity contribution in [1.82, 2.24) is 10.6 Å². The van der Waals surface area contributed by atoms with Crippen molar-refractivity contribution in [2.45, 2.75) is 45.1 Å². The zero-order chi connectivity index (χ0) is 14.8. The van der Waals surface area contributed by atoms with E-state index in [0.29, 0.717) is 6.54 Å². The summed E-state index contributed by atoms with van der Waals surface area (Å²) in [5.74, 6) is 0.140. The van der Waals surface area contributed by atoms with Crippen molar-refractivity contribution in [3.63, 3.8) is 0 Å². The van der Waals surface area contributed by atoms with Crippen molar-refractivity contribution in [1.29, 1.82) is 0 Å². The molecule has 0 aliphatic heterocycles. The van der Waals surface area contributed by atoms with Gasteiger partial charge < -0.3 is 10.6 Å². The molecule has 2 N–H and O–H groups in total. The maximum Gasteiger partial charge on any atom is 0.224 e. The van der Waals surface area contributed by atoms with Crippen LogP contribution in [0.25, 0.3) is 0 Å². The Balaban J connectivity index is 0.00000220. The molecule has 21 heavy (non-hydrogen) atoms. The summed E-state index contributed by atoms with van der Waals surface area (Å²) in [6.07, 6.45) is 2.12. The van der Waals surface area contributed by atoms with Gasteiger partial charge in [0.15, 0.2) is 0 Å². The number of rotatable bonds is 4. The van der Waals surface area contributed by atoms with Crippen LogP contribution in [0.3, 0.4) is 0 Å². The maximum absolute atomic E-state index is 12.2. The van der Waals surface area contributed by atoms with Crippen LogP contribution < -0.4 is 10.6 Å². The molecular weight excluding hydrogens is 284 g/mol. The van der Waals surface area contributed by atoms with Crippen LogP contribution in [0.4, 0.5) is 0 Å². The number of hydrogen-bond acceptors (Lipinski definition) is 2. The highest BCUT2D eigenvalue weighted by Gasteiger charge is 2.33. The van der Waals surface area contributed by atoms with Crippen LogP contribution in [-0.2, 0) is 10.2 Å². The van der Waals surface area contributed by atoms with E-state index in [0.717, 1.165) is 12.8 Å². The number of hydrogen-bond donors (Lipinski definition) is 2. The lowest BCUT2D eigenvalue weighted by atomic mass is 9.71. The number of nitrogens with one attached hydrogen (secondary N) is 2. The van der Waals surface area contributed by atoms with Crippen LogP contribution in [0.15, 0.2) is 24.3 Å². The maximum atomic E-state index is 12.2. The molecule has 1 aromatic carbocycles. The lowest BCUT2D eigenvalue weighted by molar-refractivity contribution is -0.125. The third-order valence-electron chi connectivity index (χ3n) is 4.40. The molecule has 0 saturated heterocycles. The van der Waals surface area contributed by atoms with E-state index in [2.05, 4.69) is 48.7 Å². The second-order valence-electron chi connectivity index (χ2n) is 6.53. The monoisotopic (exact) mass is 310 g/mol. The number of amides is 1. The van der Waals surface area contributed by atoms with Gasteiger partial charge in [-0.05, 0) is 36.4 Å². The Morgan fingerprint density at radius 1 is 1.38 bits per heavy atom. The quantitative estimate of drug-likeness (QED) is 0.896. The number of halogens is 1. The highest BCUT2D eigenvalue weighted by Crippen LogP contribution is 2.41. The van der Waals surface area contributed by atoms with E-state index in [-0.39, 0.29) is 35.7 Å². The Morgan fingerprint density at radius 3 is 2.71 bits per heavy atom. The second kappa shape index (κ2) is 7.28. The molecule has 0 aromatic heterocycles. The molecule has 4 heteroatoms. The summed E-state index contributed by atoms with van der Waals surface area (Å²) >= 11 is 0. The summed E-state index contributed by atoms with van der Waals surface area (Å²) in [7, 11) is 1.88. The molecule has 1 aromatic rings. The fourth-order valence-electron chi connectivity index (χ4n) is 3.08. The molecule has 0 bridgehead atoms. The number of benzene rings is 1. The zero-order valence-electron chi connectivity index (χ0n) is 13.4. The Bertz CT molecular complexity index is 487. The Hall–Kier alpha value is -1.06. The van der Waals surface area contributed by atoms with Crippen LogP contribution in [0.5, 0.6) is 0 Å². The third kappa shape index (κ3) is 3.98. The number of carbonyl (C=O) groups excluding carboxylic acids is 1. The Kier molecular flexibility index (Phi) is 6.24. The summed E-state index contributed by atoms with van der Waals surface area (Å²) in [6.45, 7) is 7.25. The largest absolute Gasteiger partial charge is 0.349 e. The van der Waals surface area contributed by atoms with Crippen LogP contribution in [0, 0.1) is 5.92 Å². The van der Waals surface area contributed by atoms with E-state index in [9.17, 15) is 4.79 Å². The molecule has 1 aliphatic rings. The van der Waals surface area contributed by atoms with Gasteiger partial charge in [-0.15, -0.1) is 12.4 Å².